The molecule has 18 heteroatoms. The van der Waals surface area contributed by atoms with Gasteiger partial charge < -0.3 is 21.0 Å². The van der Waals surface area contributed by atoms with Crippen molar-refractivity contribution in [3.05, 3.63) is 47.1 Å². The van der Waals surface area contributed by atoms with E-state index in [1.807, 2.05) is 0 Å². The van der Waals surface area contributed by atoms with E-state index in [0.29, 0.717) is 5.65 Å². The van der Waals surface area contributed by atoms with Crippen LogP contribution in [-0.2, 0) is 11.3 Å². The number of carboxylic acid groups (broad SMARTS) is 1. The number of fused-ring (bicyclic) bond motifs is 1. The summed E-state index contributed by atoms with van der Waals surface area (Å²) in [5, 5.41) is 15.3. The molecule has 3 aromatic rings. The van der Waals surface area contributed by atoms with E-state index in [1.165, 1.54) is 23.6 Å². The van der Waals surface area contributed by atoms with Gasteiger partial charge in [0.05, 0.1) is 0 Å². The molecule has 2 heterocycles. The molecule has 0 spiro atoms. The summed E-state index contributed by atoms with van der Waals surface area (Å²) in [5.41, 5.74) is 5.21. The van der Waals surface area contributed by atoms with E-state index >= 15 is 0 Å². The molecule has 0 saturated heterocycles. The van der Waals surface area contributed by atoms with Crippen molar-refractivity contribution in [2.75, 3.05) is 18.1 Å². The Labute approximate surface area is 195 Å². The van der Waals surface area contributed by atoms with Crippen LogP contribution in [0.5, 0.6) is 0 Å². The maximum atomic E-state index is 13.2. The van der Waals surface area contributed by atoms with Crippen molar-refractivity contribution in [3.63, 3.8) is 0 Å². The summed E-state index contributed by atoms with van der Waals surface area (Å²) < 4.78 is 100.0. The summed E-state index contributed by atoms with van der Waals surface area (Å²) in [6.45, 7) is -0.534. The minimum atomic E-state index is -9.97. The Hall–Kier alpha value is -3.34. The predicted octanol–water partition coefficient (Wildman–Crippen LogP) is 3.74. The van der Waals surface area contributed by atoms with Gasteiger partial charge in [0.25, 0.3) is 0 Å². The SMILES string of the molecule is CNc1cc(C(=O)Cn2nc(N)[n+]3c(Cl)cccc23)cc(S(F)(F)(F)(F)F)c1.O=C([O-])C(F)(F)F. The van der Waals surface area contributed by atoms with E-state index in [2.05, 4.69) is 10.4 Å². The number of hydrogen-bond donors (Lipinski definition) is 2. The third-order valence-electron chi connectivity index (χ3n) is 4.13. The highest BCUT2D eigenvalue weighted by molar-refractivity contribution is 8.45. The fourth-order valence-electron chi connectivity index (χ4n) is 2.59. The van der Waals surface area contributed by atoms with E-state index < -0.39 is 45.2 Å². The van der Waals surface area contributed by atoms with Crippen molar-refractivity contribution in [2.24, 2.45) is 0 Å². The van der Waals surface area contributed by atoms with Crippen molar-refractivity contribution in [1.29, 1.82) is 0 Å². The lowest BCUT2D eigenvalue weighted by atomic mass is 10.1. The average Bonchev–Trinajstić information content (AvgIpc) is 3.02. The molecule has 0 aliphatic carbocycles. The second-order valence-corrected chi connectivity index (χ2v) is 9.53. The highest BCUT2D eigenvalue weighted by atomic mass is 35.5. The molecule has 0 atom stereocenters. The van der Waals surface area contributed by atoms with Crippen LogP contribution in [0.2, 0.25) is 5.15 Å². The minimum Gasteiger partial charge on any atom is -0.542 e. The number of alkyl halides is 3. The van der Waals surface area contributed by atoms with Gasteiger partial charge >= 0.3 is 22.3 Å². The lowest BCUT2D eigenvalue weighted by molar-refractivity contribution is -0.493. The van der Waals surface area contributed by atoms with E-state index in [-0.39, 0.29) is 28.9 Å². The van der Waals surface area contributed by atoms with Crippen LogP contribution < -0.4 is 20.6 Å². The number of nitrogens with zero attached hydrogens (tertiary/aromatic N) is 3. The number of carbonyl (C=O) groups is 2. The molecule has 0 aliphatic rings. The standard InChI is InChI=1S/C15H14ClF5N5OS.C2HF3O2/c1-23-10-5-9(6-11(7-10)28(17,18,19,20)21)12(27)8-25-14-4-2-3-13(16)26(14)15(22)24-25;3-2(4,5)1(6)7/h2-7,23H,8H2,1H3,(H2,22,24);(H,6,7)/q+1;/p-1. The normalized spacial score (nSPS) is 13.9. The number of rotatable bonds is 5. The summed E-state index contributed by atoms with van der Waals surface area (Å²) in [4.78, 5) is 19.2. The number of nitrogens with two attached hydrogens (primary N) is 1. The van der Waals surface area contributed by atoms with E-state index in [0.717, 1.165) is 10.7 Å². The lowest BCUT2D eigenvalue weighted by Crippen LogP contribution is -2.37. The van der Waals surface area contributed by atoms with Crippen LogP contribution >= 0.6 is 21.8 Å². The topological polar surface area (TPSA) is 117 Å². The van der Waals surface area contributed by atoms with Crippen LogP contribution in [0.3, 0.4) is 0 Å². The summed E-state index contributed by atoms with van der Waals surface area (Å²) >= 11 is 6.00. The maximum absolute atomic E-state index is 13.2. The van der Waals surface area contributed by atoms with Gasteiger partial charge in [0.1, 0.15) is 10.9 Å². The van der Waals surface area contributed by atoms with Gasteiger partial charge in [0.15, 0.2) is 17.5 Å². The largest absolute Gasteiger partial charge is 0.542 e. The second kappa shape index (κ2) is 8.40. The minimum absolute atomic E-state index is 0.0509. The van der Waals surface area contributed by atoms with Gasteiger partial charge in [-0.2, -0.15) is 17.6 Å². The Morgan fingerprint density at radius 1 is 1.17 bits per heavy atom. The van der Waals surface area contributed by atoms with Crippen LogP contribution in [0.15, 0.2) is 41.3 Å². The molecule has 0 bridgehead atoms. The van der Waals surface area contributed by atoms with Crippen LogP contribution in [0, 0.1) is 0 Å². The fraction of sp³-hybridized carbons (Fsp3) is 0.176. The molecule has 0 amide bonds. The summed E-state index contributed by atoms with van der Waals surface area (Å²) in [6.07, 6.45) is -5.19. The van der Waals surface area contributed by atoms with E-state index in [4.69, 9.17) is 27.2 Å². The zero-order valence-electron chi connectivity index (χ0n) is 17.1. The molecule has 0 saturated carbocycles. The molecular formula is C17H14ClF8N5O3S. The molecule has 0 fully saturated rings. The van der Waals surface area contributed by atoms with Crippen LogP contribution in [-0.4, -0.2) is 34.8 Å². The number of aliphatic carboxylic acids is 1. The van der Waals surface area contributed by atoms with Crippen molar-refractivity contribution in [2.45, 2.75) is 17.6 Å². The lowest BCUT2D eigenvalue weighted by Gasteiger charge is -2.40. The van der Waals surface area contributed by atoms with Crippen molar-refractivity contribution in [1.82, 2.24) is 9.78 Å². The van der Waals surface area contributed by atoms with Crippen LogP contribution in [0.1, 0.15) is 10.4 Å². The molecule has 3 rings (SSSR count). The highest BCUT2D eigenvalue weighted by Gasteiger charge is 2.65. The number of anilines is 2. The number of pyridine rings is 1. The Balaban J connectivity index is 0.000000540. The van der Waals surface area contributed by atoms with Gasteiger partial charge in [-0.1, -0.05) is 37.1 Å². The number of halogens is 9. The monoisotopic (exact) mass is 555 g/mol. The molecule has 0 radical (unpaired) electrons. The van der Waals surface area contributed by atoms with Gasteiger partial charge in [-0.05, 0) is 24.3 Å². The molecule has 1 aromatic carbocycles. The Morgan fingerprint density at radius 3 is 2.23 bits per heavy atom. The molecular weight excluding hydrogens is 542 g/mol. The Kier molecular flexibility index (Phi) is 6.70. The van der Waals surface area contributed by atoms with Gasteiger partial charge in [-0.3, -0.25) is 4.79 Å². The predicted molar refractivity (Wildman–Crippen MR) is 108 cm³/mol. The first-order valence-corrected chi connectivity index (χ1v) is 11.2. The zero-order valence-corrected chi connectivity index (χ0v) is 18.7. The zero-order chi connectivity index (χ0) is 27.0. The van der Waals surface area contributed by atoms with Gasteiger partial charge in [0.2, 0.25) is 5.65 Å². The van der Waals surface area contributed by atoms with Crippen LogP contribution in [0.25, 0.3) is 5.65 Å². The molecule has 0 aliphatic heterocycles. The van der Waals surface area contributed by atoms with E-state index in [9.17, 15) is 37.4 Å². The number of ketones is 1. The molecule has 0 unspecified atom stereocenters. The van der Waals surface area contributed by atoms with Crippen molar-refractivity contribution < 1.29 is 51.7 Å². The van der Waals surface area contributed by atoms with Gasteiger partial charge in [0, 0.05) is 29.5 Å². The van der Waals surface area contributed by atoms with Gasteiger partial charge in [-0.15, -0.1) is 4.68 Å². The third-order valence-corrected chi connectivity index (χ3v) is 5.55. The number of benzene rings is 1. The Bertz CT molecular complexity index is 1310. The van der Waals surface area contributed by atoms with Crippen LogP contribution in [0.4, 0.5) is 44.2 Å². The fourth-order valence-corrected chi connectivity index (χ4v) is 3.54. The molecule has 194 valence electrons. The van der Waals surface area contributed by atoms with E-state index in [1.54, 1.807) is 6.07 Å². The molecule has 35 heavy (non-hydrogen) atoms. The highest BCUT2D eigenvalue weighted by Crippen LogP contribution is 3.02. The number of Topliss-reactive ketones (excluding diaryl/α,β-unsaturated/α-hetero) is 1. The van der Waals surface area contributed by atoms with Crippen molar-refractivity contribution >= 4 is 50.9 Å². The number of hydrogen-bond acceptors (Lipinski definition) is 6. The first-order chi connectivity index (χ1) is 15.6. The smallest absolute Gasteiger partial charge is 0.430 e. The van der Waals surface area contributed by atoms with Crippen molar-refractivity contribution in [3.8, 4) is 0 Å². The molecule has 2 aromatic heterocycles. The number of carbonyl (C=O) groups excluding carboxylic acids is 2. The second-order valence-electron chi connectivity index (χ2n) is 6.73. The number of nitrogen functional groups attached to an aromatic ring is 1. The Morgan fingerprint density at radius 2 is 1.74 bits per heavy atom. The number of carboxylic acids is 1. The average molecular weight is 556 g/mol. The maximum Gasteiger partial charge on any atom is 0.430 e. The quantitative estimate of drug-likeness (QED) is 0.214. The molecule has 3 N–H and O–H groups in total. The molecule has 8 nitrogen and oxygen atoms in total. The summed E-state index contributed by atoms with van der Waals surface area (Å²) in [6, 6.07) is 6.07. The first-order valence-electron chi connectivity index (χ1n) is 8.85. The summed E-state index contributed by atoms with van der Waals surface area (Å²) in [7, 11) is -8.72. The third kappa shape index (κ3) is 6.84. The first kappa shape index (κ1) is 27.9. The number of aromatic nitrogens is 3. The number of nitrogens with one attached hydrogen (secondary N) is 1. The summed E-state index contributed by atoms with van der Waals surface area (Å²) in [5.74, 6) is -3.93. The van der Waals surface area contributed by atoms with Gasteiger partial charge in [-0.25, -0.2) is 0 Å².